The van der Waals surface area contributed by atoms with E-state index in [-0.39, 0.29) is 39.9 Å². The van der Waals surface area contributed by atoms with Gasteiger partial charge in [-0.3, -0.25) is 4.79 Å². The first-order chi connectivity index (χ1) is 16.8. The lowest BCUT2D eigenvalue weighted by Crippen LogP contribution is -2.21. The monoisotopic (exact) mass is 467 g/mol. The quantitative estimate of drug-likeness (QED) is 0.344. The SMILES string of the molecule is C=C1Oc2ccccc2C(O)=C1C(c1ccc(NC(C)=O)cc1)c1c(O)c2ccccc2oc1=O. The zero-order valence-corrected chi connectivity index (χ0v) is 18.7. The molecule has 35 heavy (non-hydrogen) atoms. The lowest BCUT2D eigenvalue weighted by molar-refractivity contribution is -0.114. The van der Waals surface area contributed by atoms with E-state index in [1.54, 1.807) is 72.8 Å². The largest absolute Gasteiger partial charge is 0.507 e. The van der Waals surface area contributed by atoms with Crippen molar-refractivity contribution < 1.29 is 24.2 Å². The van der Waals surface area contributed by atoms with Gasteiger partial charge in [0.2, 0.25) is 5.91 Å². The fourth-order valence-electron chi connectivity index (χ4n) is 4.36. The average molecular weight is 467 g/mol. The molecule has 5 rings (SSSR count). The minimum absolute atomic E-state index is 0.0679. The van der Waals surface area contributed by atoms with Crippen molar-refractivity contribution in [3.63, 3.8) is 0 Å². The number of aliphatic hydroxyl groups excluding tert-OH is 1. The molecule has 0 bridgehead atoms. The molecule has 2 heterocycles. The van der Waals surface area contributed by atoms with Gasteiger partial charge in [-0.2, -0.15) is 0 Å². The Kier molecular flexibility index (Phi) is 5.37. The van der Waals surface area contributed by atoms with Gasteiger partial charge in [-0.15, -0.1) is 0 Å². The topological polar surface area (TPSA) is 109 Å². The molecule has 3 N–H and O–H groups in total. The van der Waals surface area contributed by atoms with Crippen molar-refractivity contribution in [1.82, 2.24) is 0 Å². The summed E-state index contributed by atoms with van der Waals surface area (Å²) in [6, 6.07) is 20.3. The first kappa shape index (κ1) is 22.0. The maximum Gasteiger partial charge on any atom is 0.344 e. The summed E-state index contributed by atoms with van der Waals surface area (Å²) in [5, 5.41) is 25.6. The fraction of sp³-hybridized carbons (Fsp3) is 0.0714. The van der Waals surface area contributed by atoms with Crippen LogP contribution in [-0.2, 0) is 4.79 Å². The van der Waals surface area contributed by atoms with Gasteiger partial charge in [0.05, 0.1) is 22.4 Å². The molecule has 174 valence electrons. The van der Waals surface area contributed by atoms with Gasteiger partial charge in [-0.05, 0) is 42.0 Å². The maximum absolute atomic E-state index is 13.2. The average Bonchev–Trinajstić information content (AvgIpc) is 2.83. The van der Waals surface area contributed by atoms with Crippen molar-refractivity contribution in [2.24, 2.45) is 0 Å². The van der Waals surface area contributed by atoms with Crippen molar-refractivity contribution in [2.45, 2.75) is 12.8 Å². The van der Waals surface area contributed by atoms with E-state index >= 15 is 0 Å². The highest BCUT2D eigenvalue weighted by Gasteiger charge is 2.35. The van der Waals surface area contributed by atoms with Crippen molar-refractivity contribution in [2.75, 3.05) is 5.32 Å². The molecule has 1 aliphatic rings. The molecular weight excluding hydrogens is 446 g/mol. The van der Waals surface area contributed by atoms with Crippen molar-refractivity contribution >= 4 is 28.3 Å². The van der Waals surface area contributed by atoms with Crippen LogP contribution >= 0.6 is 0 Å². The van der Waals surface area contributed by atoms with Crippen molar-refractivity contribution in [1.29, 1.82) is 0 Å². The number of para-hydroxylation sites is 2. The van der Waals surface area contributed by atoms with E-state index in [1.807, 2.05) is 0 Å². The molecule has 0 aliphatic carbocycles. The second-order valence-electron chi connectivity index (χ2n) is 8.17. The fourth-order valence-corrected chi connectivity index (χ4v) is 4.36. The highest BCUT2D eigenvalue weighted by atomic mass is 16.5. The Labute approximate surface area is 200 Å². The molecule has 3 aromatic carbocycles. The summed E-state index contributed by atoms with van der Waals surface area (Å²) in [6.45, 7) is 5.39. The number of rotatable bonds is 4. The number of fused-ring (bicyclic) bond motifs is 2. The summed E-state index contributed by atoms with van der Waals surface area (Å²) in [5.74, 6) is -1.05. The molecule has 1 aromatic heterocycles. The van der Waals surface area contributed by atoms with Crippen LogP contribution in [0.4, 0.5) is 5.69 Å². The highest BCUT2D eigenvalue weighted by Crippen LogP contribution is 2.46. The number of allylic oxidation sites excluding steroid dienone is 1. The van der Waals surface area contributed by atoms with Gasteiger partial charge < -0.3 is 24.7 Å². The van der Waals surface area contributed by atoms with Crippen molar-refractivity contribution in [3.05, 3.63) is 118 Å². The summed E-state index contributed by atoms with van der Waals surface area (Å²) in [5.41, 5.74) is 1.15. The zero-order valence-electron chi connectivity index (χ0n) is 18.7. The van der Waals surface area contributed by atoms with E-state index in [9.17, 15) is 19.8 Å². The molecule has 1 atom stereocenters. The smallest absolute Gasteiger partial charge is 0.344 e. The molecule has 1 amide bonds. The van der Waals surface area contributed by atoms with Gasteiger partial charge in [-0.25, -0.2) is 4.79 Å². The predicted molar refractivity (Wildman–Crippen MR) is 132 cm³/mol. The van der Waals surface area contributed by atoms with E-state index in [4.69, 9.17) is 9.15 Å². The number of nitrogens with one attached hydrogen (secondary N) is 1. The van der Waals surface area contributed by atoms with Crippen LogP contribution in [0.3, 0.4) is 0 Å². The van der Waals surface area contributed by atoms with E-state index in [2.05, 4.69) is 11.9 Å². The van der Waals surface area contributed by atoms with Crippen LogP contribution in [0, 0.1) is 0 Å². The molecule has 0 spiro atoms. The third-order valence-corrected chi connectivity index (χ3v) is 5.89. The Balaban J connectivity index is 1.79. The number of carbonyl (C=O) groups excluding carboxylic acids is 1. The number of ether oxygens (including phenoxy) is 1. The van der Waals surface area contributed by atoms with Crippen LogP contribution in [0.25, 0.3) is 16.7 Å². The Bertz CT molecular complexity index is 1580. The molecule has 0 fully saturated rings. The van der Waals surface area contributed by atoms with Crippen LogP contribution in [0.1, 0.15) is 29.5 Å². The number of hydrogen-bond acceptors (Lipinski definition) is 6. The Morgan fingerprint density at radius 2 is 1.66 bits per heavy atom. The first-order valence-corrected chi connectivity index (χ1v) is 10.9. The number of aromatic hydroxyl groups is 1. The second kappa shape index (κ2) is 8.53. The summed E-state index contributed by atoms with van der Waals surface area (Å²) in [4.78, 5) is 24.7. The van der Waals surface area contributed by atoms with Gasteiger partial charge >= 0.3 is 5.63 Å². The molecular formula is C28H21NO6. The minimum Gasteiger partial charge on any atom is -0.507 e. The first-order valence-electron chi connectivity index (χ1n) is 10.9. The number of benzene rings is 3. The van der Waals surface area contributed by atoms with Gasteiger partial charge in [0.1, 0.15) is 28.6 Å². The number of amides is 1. The normalized spacial score (nSPS) is 13.8. The van der Waals surface area contributed by atoms with Crippen LogP contribution in [0.5, 0.6) is 11.5 Å². The molecule has 0 saturated carbocycles. The number of hydrogen-bond donors (Lipinski definition) is 3. The third kappa shape index (κ3) is 3.83. The summed E-state index contributed by atoms with van der Waals surface area (Å²) in [6.07, 6.45) is 0. The third-order valence-electron chi connectivity index (χ3n) is 5.89. The van der Waals surface area contributed by atoms with E-state index in [1.165, 1.54) is 6.92 Å². The van der Waals surface area contributed by atoms with Crippen LogP contribution in [0.15, 0.2) is 99.9 Å². The Hall–Kier alpha value is -4.78. The van der Waals surface area contributed by atoms with Crippen LogP contribution in [-0.4, -0.2) is 16.1 Å². The van der Waals surface area contributed by atoms with Crippen LogP contribution in [0.2, 0.25) is 0 Å². The predicted octanol–water partition coefficient (Wildman–Crippen LogP) is 5.46. The molecule has 4 aromatic rings. The number of carbonyl (C=O) groups is 1. The summed E-state index contributed by atoms with van der Waals surface area (Å²) in [7, 11) is 0. The molecule has 7 nitrogen and oxygen atoms in total. The van der Waals surface area contributed by atoms with Crippen molar-refractivity contribution in [3.8, 4) is 11.5 Å². The number of anilines is 1. The zero-order chi connectivity index (χ0) is 24.7. The molecule has 0 saturated heterocycles. The summed E-state index contributed by atoms with van der Waals surface area (Å²) >= 11 is 0. The Morgan fingerprint density at radius 1 is 0.971 bits per heavy atom. The molecule has 0 radical (unpaired) electrons. The number of aliphatic hydroxyl groups is 1. The van der Waals surface area contributed by atoms with Gasteiger partial charge in [-0.1, -0.05) is 43.0 Å². The van der Waals surface area contributed by atoms with E-state index in [0.717, 1.165) is 0 Å². The summed E-state index contributed by atoms with van der Waals surface area (Å²) < 4.78 is 11.4. The standard InChI is InChI=1S/C28H21NO6/c1-15-23(26(31)19-7-3-5-9-21(19)34-15)24(17-11-13-18(14-12-17)29-16(2)30)25-27(32)20-8-4-6-10-22(20)35-28(25)33/h3-14,24,31-32H,1H2,2H3,(H,29,30). The van der Waals surface area contributed by atoms with Gasteiger partial charge in [0.25, 0.3) is 0 Å². The minimum atomic E-state index is -0.983. The molecule has 1 unspecified atom stereocenters. The van der Waals surface area contributed by atoms with E-state index < -0.39 is 11.5 Å². The Morgan fingerprint density at radius 3 is 2.40 bits per heavy atom. The van der Waals surface area contributed by atoms with Gasteiger partial charge in [0.15, 0.2) is 0 Å². The molecule has 7 heteroatoms. The van der Waals surface area contributed by atoms with E-state index in [0.29, 0.717) is 28.0 Å². The van der Waals surface area contributed by atoms with Crippen LogP contribution < -0.4 is 15.7 Å². The molecule has 1 aliphatic heterocycles. The maximum atomic E-state index is 13.2. The lowest BCUT2D eigenvalue weighted by atomic mass is 9.81. The lowest BCUT2D eigenvalue weighted by Gasteiger charge is -2.28. The second-order valence-corrected chi connectivity index (χ2v) is 8.17. The highest BCUT2D eigenvalue weighted by molar-refractivity contribution is 5.89. The van der Waals surface area contributed by atoms with Gasteiger partial charge in [0, 0.05) is 18.2 Å².